The number of hydrogen-bond acceptors (Lipinski definition) is 5. The van der Waals surface area contributed by atoms with Crippen LogP contribution in [0.25, 0.3) is 20.4 Å². The van der Waals surface area contributed by atoms with Crippen LogP contribution in [0, 0.1) is 0 Å². The van der Waals surface area contributed by atoms with Gasteiger partial charge in [-0.3, -0.25) is 0 Å². The number of nitrogens with zero attached hydrogens (tertiary/aromatic N) is 3. The number of rotatable bonds is 6. The van der Waals surface area contributed by atoms with Gasteiger partial charge in [0.05, 0.1) is 10.2 Å². The second kappa shape index (κ2) is 7.58. The fraction of sp³-hybridized carbons (Fsp3) is 0.550. The molecule has 0 N–H and O–H groups in total. The molecular weight excluding hydrogens is 346 g/mol. The third-order valence-electron chi connectivity index (χ3n) is 5.10. The number of fused-ring (bicyclic) bond motifs is 5. The molecule has 132 valence electrons. The lowest BCUT2D eigenvalue weighted by molar-refractivity contribution is 0.679. The number of thioether (sulfide) groups is 1. The first-order valence-electron chi connectivity index (χ1n) is 9.54. The summed E-state index contributed by atoms with van der Waals surface area (Å²) in [6.45, 7) is 4.48. The Bertz CT molecular complexity index is 901. The summed E-state index contributed by atoms with van der Waals surface area (Å²) in [7, 11) is 0. The summed E-state index contributed by atoms with van der Waals surface area (Å²) in [5, 5.41) is 2.47. The van der Waals surface area contributed by atoms with Gasteiger partial charge in [0.1, 0.15) is 16.2 Å². The number of thiophene rings is 1. The molecule has 1 aliphatic rings. The van der Waals surface area contributed by atoms with Gasteiger partial charge in [0.2, 0.25) is 0 Å². The summed E-state index contributed by atoms with van der Waals surface area (Å²) >= 11 is 3.68. The van der Waals surface area contributed by atoms with Gasteiger partial charge in [-0.2, -0.15) is 0 Å². The van der Waals surface area contributed by atoms with E-state index >= 15 is 0 Å². The van der Waals surface area contributed by atoms with Crippen molar-refractivity contribution in [1.29, 1.82) is 0 Å². The maximum atomic E-state index is 5.04. The number of hydrogen-bond donors (Lipinski definition) is 0. The van der Waals surface area contributed by atoms with Crippen LogP contribution in [0.4, 0.5) is 0 Å². The highest BCUT2D eigenvalue weighted by molar-refractivity contribution is 7.99. The standard InChI is InChI=1S/C20H25N3S2/c1-3-5-8-11-24-20-18-17(21-12-22-20)16-14-10-7-6-9-13(14)15(4-2)23-19(16)25-18/h12H,3-11H2,1-2H3. The van der Waals surface area contributed by atoms with E-state index in [1.165, 1.54) is 76.7 Å². The van der Waals surface area contributed by atoms with E-state index in [1.54, 1.807) is 17.7 Å². The SMILES string of the molecule is CCCCCSc1ncnc2c1sc1nc(CC)c3c(c12)CCCC3. The zero-order chi connectivity index (χ0) is 17.2. The van der Waals surface area contributed by atoms with E-state index in [-0.39, 0.29) is 0 Å². The third kappa shape index (κ3) is 3.17. The van der Waals surface area contributed by atoms with Gasteiger partial charge >= 0.3 is 0 Å². The molecule has 25 heavy (non-hydrogen) atoms. The van der Waals surface area contributed by atoms with Crippen LogP contribution in [0.15, 0.2) is 11.4 Å². The summed E-state index contributed by atoms with van der Waals surface area (Å²) in [6, 6.07) is 0. The molecular formula is C20H25N3S2. The summed E-state index contributed by atoms with van der Waals surface area (Å²) in [4.78, 5) is 15.5. The Morgan fingerprint density at radius 3 is 2.72 bits per heavy atom. The van der Waals surface area contributed by atoms with Crippen molar-refractivity contribution >= 4 is 43.5 Å². The zero-order valence-electron chi connectivity index (χ0n) is 15.1. The Balaban J connectivity index is 1.84. The maximum Gasteiger partial charge on any atom is 0.126 e. The molecule has 3 aromatic rings. The van der Waals surface area contributed by atoms with Crippen LogP contribution in [-0.2, 0) is 19.3 Å². The van der Waals surface area contributed by atoms with E-state index in [0.717, 1.165) is 22.7 Å². The highest BCUT2D eigenvalue weighted by Crippen LogP contribution is 2.41. The Morgan fingerprint density at radius 2 is 1.92 bits per heavy atom. The van der Waals surface area contributed by atoms with Gasteiger partial charge < -0.3 is 0 Å². The van der Waals surface area contributed by atoms with Crippen LogP contribution >= 0.6 is 23.1 Å². The molecule has 0 amide bonds. The fourth-order valence-electron chi connectivity index (χ4n) is 3.83. The highest BCUT2D eigenvalue weighted by atomic mass is 32.2. The van der Waals surface area contributed by atoms with Crippen molar-refractivity contribution in [3.63, 3.8) is 0 Å². The highest BCUT2D eigenvalue weighted by Gasteiger charge is 2.22. The number of pyridine rings is 1. The Morgan fingerprint density at radius 1 is 1.08 bits per heavy atom. The summed E-state index contributed by atoms with van der Waals surface area (Å²) < 4.78 is 1.24. The molecule has 0 aromatic carbocycles. The number of aromatic nitrogens is 3. The molecule has 3 nitrogen and oxygen atoms in total. The summed E-state index contributed by atoms with van der Waals surface area (Å²) in [6.07, 6.45) is 11.5. The molecule has 3 heterocycles. The predicted octanol–water partition coefficient (Wildman–Crippen LogP) is 5.96. The first kappa shape index (κ1) is 17.2. The molecule has 0 spiro atoms. The second-order valence-electron chi connectivity index (χ2n) is 6.77. The van der Waals surface area contributed by atoms with Gasteiger partial charge in [-0.15, -0.1) is 23.1 Å². The van der Waals surface area contributed by atoms with E-state index in [4.69, 9.17) is 4.98 Å². The smallest absolute Gasteiger partial charge is 0.126 e. The topological polar surface area (TPSA) is 38.7 Å². The molecule has 0 unspecified atom stereocenters. The largest absolute Gasteiger partial charge is 0.242 e. The Labute approximate surface area is 157 Å². The first-order chi connectivity index (χ1) is 12.3. The number of unbranched alkanes of at least 4 members (excludes halogenated alkanes) is 2. The summed E-state index contributed by atoms with van der Waals surface area (Å²) in [5.74, 6) is 1.14. The molecule has 0 radical (unpaired) electrons. The quantitative estimate of drug-likeness (QED) is 0.304. The minimum atomic E-state index is 1.02. The van der Waals surface area contributed by atoms with E-state index in [9.17, 15) is 0 Å². The van der Waals surface area contributed by atoms with Crippen LogP contribution in [0.3, 0.4) is 0 Å². The third-order valence-corrected chi connectivity index (χ3v) is 7.38. The molecule has 1 aliphatic carbocycles. The molecule has 0 saturated carbocycles. The molecule has 0 saturated heterocycles. The monoisotopic (exact) mass is 371 g/mol. The molecule has 0 atom stereocenters. The predicted molar refractivity (Wildman–Crippen MR) is 109 cm³/mol. The van der Waals surface area contributed by atoms with E-state index in [2.05, 4.69) is 23.8 Å². The first-order valence-corrected chi connectivity index (χ1v) is 11.3. The van der Waals surface area contributed by atoms with Crippen LogP contribution in [0.2, 0.25) is 0 Å². The lowest BCUT2D eigenvalue weighted by atomic mass is 9.88. The van der Waals surface area contributed by atoms with E-state index in [1.807, 2.05) is 11.8 Å². The minimum Gasteiger partial charge on any atom is -0.242 e. The molecule has 3 aromatic heterocycles. The number of aryl methyl sites for hydroxylation is 2. The summed E-state index contributed by atoms with van der Waals surface area (Å²) in [5.41, 5.74) is 5.48. The van der Waals surface area contributed by atoms with Gasteiger partial charge in [0.25, 0.3) is 0 Å². The van der Waals surface area contributed by atoms with Crippen molar-refractivity contribution in [3.8, 4) is 0 Å². The molecule has 0 fully saturated rings. The molecule has 5 heteroatoms. The molecule has 0 aliphatic heterocycles. The molecule has 4 rings (SSSR count). The van der Waals surface area contributed by atoms with Gasteiger partial charge in [0.15, 0.2) is 0 Å². The minimum absolute atomic E-state index is 1.02. The van der Waals surface area contributed by atoms with E-state index < -0.39 is 0 Å². The lowest BCUT2D eigenvalue weighted by Gasteiger charge is -2.19. The van der Waals surface area contributed by atoms with Crippen molar-refractivity contribution in [2.75, 3.05) is 5.75 Å². The van der Waals surface area contributed by atoms with Crippen LogP contribution < -0.4 is 0 Å². The zero-order valence-corrected chi connectivity index (χ0v) is 16.7. The van der Waals surface area contributed by atoms with E-state index in [0.29, 0.717) is 0 Å². The van der Waals surface area contributed by atoms with Crippen molar-refractivity contribution in [3.05, 3.63) is 23.1 Å². The average Bonchev–Trinajstić information content (AvgIpc) is 3.04. The van der Waals surface area contributed by atoms with Gasteiger partial charge in [-0.25, -0.2) is 15.0 Å². The Kier molecular flexibility index (Phi) is 5.23. The van der Waals surface area contributed by atoms with Crippen LogP contribution in [0.1, 0.15) is 62.8 Å². The van der Waals surface area contributed by atoms with Crippen LogP contribution in [-0.4, -0.2) is 20.7 Å². The van der Waals surface area contributed by atoms with Gasteiger partial charge in [0, 0.05) is 11.1 Å². The van der Waals surface area contributed by atoms with Crippen LogP contribution in [0.5, 0.6) is 0 Å². The molecule has 0 bridgehead atoms. The normalized spacial score (nSPS) is 14.3. The Hall–Kier alpha value is -1.20. The lowest BCUT2D eigenvalue weighted by Crippen LogP contribution is -2.08. The fourth-order valence-corrected chi connectivity index (χ4v) is 6.09. The van der Waals surface area contributed by atoms with Crippen molar-refractivity contribution in [2.45, 2.75) is 70.2 Å². The van der Waals surface area contributed by atoms with Gasteiger partial charge in [-0.1, -0.05) is 26.7 Å². The second-order valence-corrected chi connectivity index (χ2v) is 8.85. The van der Waals surface area contributed by atoms with Gasteiger partial charge in [-0.05, 0) is 55.4 Å². The maximum absolute atomic E-state index is 5.04. The van der Waals surface area contributed by atoms with Crippen molar-refractivity contribution in [2.24, 2.45) is 0 Å². The van der Waals surface area contributed by atoms with Crippen molar-refractivity contribution < 1.29 is 0 Å². The van der Waals surface area contributed by atoms with Crippen molar-refractivity contribution in [1.82, 2.24) is 15.0 Å². The average molecular weight is 372 g/mol.